The summed E-state index contributed by atoms with van der Waals surface area (Å²) < 4.78 is 49.3. The molecule has 9 nitrogen and oxygen atoms in total. The molecule has 1 aliphatic rings. The Bertz CT molecular complexity index is 1230. The van der Waals surface area contributed by atoms with E-state index in [-0.39, 0.29) is 19.3 Å². The summed E-state index contributed by atoms with van der Waals surface area (Å²) in [4.78, 5) is 38.6. The number of alkyl carbamates (subject to hydrolysis) is 1. The van der Waals surface area contributed by atoms with E-state index in [1.165, 1.54) is 6.92 Å². The molecule has 45 heavy (non-hydrogen) atoms. The number of ether oxygens (including phenoxy) is 3. The fourth-order valence-electron chi connectivity index (χ4n) is 5.43. The van der Waals surface area contributed by atoms with Crippen LogP contribution in [0.3, 0.4) is 0 Å². The minimum Gasteiger partial charge on any atom is -0.445 e. The molecule has 11 heteroatoms. The standard InChI is InChI=1S/C34H46F2N2O7/c1-6-28-23(5)30(43-19-24-13-9-7-10-14-24)29(40)31(45-28)34(35,36)18-26(27(39)17-22(4)32(41)37-21(2)3)38-33(42)44-20-25-15-11-8-12-16-25/h7-16,21-23,26,28-31,40H,6,17-20H2,1-5H3,(H,37,41)(H,38,42)/t22-,23+,26?,28-,29-,30+,31+/m1/s1. The van der Waals surface area contributed by atoms with Gasteiger partial charge in [0, 0.05) is 30.7 Å². The number of ketones is 1. The molecule has 1 fully saturated rings. The second-order valence-corrected chi connectivity index (χ2v) is 12.1. The molecule has 248 valence electrons. The second kappa shape index (κ2) is 16.8. The van der Waals surface area contributed by atoms with E-state index in [0.717, 1.165) is 5.56 Å². The molecule has 1 heterocycles. The van der Waals surface area contributed by atoms with Crippen LogP contribution in [0.2, 0.25) is 0 Å². The quantitative estimate of drug-likeness (QED) is 0.247. The largest absolute Gasteiger partial charge is 0.445 e. The number of amides is 2. The average Bonchev–Trinajstić information content (AvgIpc) is 3.00. The van der Waals surface area contributed by atoms with Gasteiger partial charge in [0.25, 0.3) is 5.92 Å². The minimum atomic E-state index is -3.78. The average molecular weight is 633 g/mol. The molecule has 1 aliphatic heterocycles. The molecule has 0 bridgehead atoms. The van der Waals surface area contributed by atoms with E-state index in [9.17, 15) is 19.5 Å². The van der Waals surface area contributed by atoms with Gasteiger partial charge in [0.15, 0.2) is 5.78 Å². The molecule has 1 unspecified atom stereocenters. The Balaban J connectivity index is 1.79. The number of halogens is 2. The van der Waals surface area contributed by atoms with Crippen molar-refractivity contribution in [1.82, 2.24) is 10.6 Å². The molecule has 2 aromatic carbocycles. The van der Waals surface area contributed by atoms with Gasteiger partial charge in [-0.15, -0.1) is 0 Å². The molecular formula is C34H46F2N2O7. The van der Waals surface area contributed by atoms with Crippen LogP contribution in [-0.2, 0) is 37.0 Å². The molecule has 0 aromatic heterocycles. The third-order valence-corrected chi connectivity index (χ3v) is 7.93. The van der Waals surface area contributed by atoms with Gasteiger partial charge in [-0.1, -0.05) is 81.4 Å². The van der Waals surface area contributed by atoms with Crippen LogP contribution in [0.4, 0.5) is 13.6 Å². The Morgan fingerprint density at radius 3 is 2.09 bits per heavy atom. The molecule has 3 rings (SSSR count). The fourth-order valence-corrected chi connectivity index (χ4v) is 5.43. The molecule has 0 radical (unpaired) electrons. The van der Waals surface area contributed by atoms with E-state index in [1.54, 1.807) is 58.0 Å². The smallest absolute Gasteiger partial charge is 0.408 e. The highest BCUT2D eigenvalue weighted by atomic mass is 19.3. The van der Waals surface area contributed by atoms with Gasteiger partial charge in [-0.3, -0.25) is 9.59 Å². The van der Waals surface area contributed by atoms with Crippen LogP contribution >= 0.6 is 0 Å². The van der Waals surface area contributed by atoms with Crippen molar-refractivity contribution in [1.29, 1.82) is 0 Å². The molecular weight excluding hydrogens is 586 g/mol. The molecule has 2 amide bonds. The lowest BCUT2D eigenvalue weighted by molar-refractivity contribution is -0.273. The van der Waals surface area contributed by atoms with Crippen molar-refractivity contribution in [2.75, 3.05) is 0 Å². The Kier molecular flexibility index (Phi) is 13.4. The predicted molar refractivity (Wildman–Crippen MR) is 164 cm³/mol. The fraction of sp³-hybridized carbons (Fsp3) is 0.559. The SMILES string of the molecule is CC[C@H]1O[C@H](C(F)(F)CC(NC(=O)OCc2ccccc2)C(=O)C[C@@H](C)C(=O)NC(C)C)[C@H](O)[C@@H](OCc2ccccc2)[C@H]1C. The molecule has 7 atom stereocenters. The van der Waals surface area contributed by atoms with E-state index >= 15 is 8.78 Å². The first kappa shape index (κ1) is 36.1. The number of alkyl halides is 2. The highest BCUT2D eigenvalue weighted by Crippen LogP contribution is 2.39. The van der Waals surface area contributed by atoms with Crippen LogP contribution in [-0.4, -0.2) is 65.3 Å². The number of aliphatic hydroxyl groups is 1. The number of rotatable bonds is 15. The molecule has 0 aliphatic carbocycles. The molecule has 0 spiro atoms. The number of hydrogen-bond acceptors (Lipinski definition) is 7. The summed E-state index contributed by atoms with van der Waals surface area (Å²) in [6.45, 7) is 8.57. The van der Waals surface area contributed by atoms with Gasteiger partial charge in [-0.25, -0.2) is 13.6 Å². The van der Waals surface area contributed by atoms with Crippen molar-refractivity contribution in [2.24, 2.45) is 11.8 Å². The summed E-state index contributed by atoms with van der Waals surface area (Å²) in [6, 6.07) is 16.0. The number of carbonyl (C=O) groups is 3. The van der Waals surface area contributed by atoms with Crippen molar-refractivity contribution < 1.29 is 42.5 Å². The number of Topliss-reactive ketones (excluding diaryl/α,β-unsaturated/α-hetero) is 1. The summed E-state index contributed by atoms with van der Waals surface area (Å²) in [7, 11) is 0. The van der Waals surface area contributed by atoms with Crippen molar-refractivity contribution in [3.63, 3.8) is 0 Å². The monoisotopic (exact) mass is 632 g/mol. The Hall–Kier alpha value is -3.41. The van der Waals surface area contributed by atoms with Crippen LogP contribution in [0.5, 0.6) is 0 Å². The lowest BCUT2D eigenvalue weighted by Gasteiger charge is -2.46. The van der Waals surface area contributed by atoms with Crippen LogP contribution in [0.25, 0.3) is 0 Å². The molecule has 3 N–H and O–H groups in total. The van der Waals surface area contributed by atoms with Gasteiger partial charge in [0.05, 0.1) is 24.9 Å². The summed E-state index contributed by atoms with van der Waals surface area (Å²) >= 11 is 0. The van der Waals surface area contributed by atoms with Crippen molar-refractivity contribution in [3.8, 4) is 0 Å². The van der Waals surface area contributed by atoms with Gasteiger partial charge in [0.1, 0.15) is 18.8 Å². The Morgan fingerprint density at radius 2 is 1.53 bits per heavy atom. The first-order valence-corrected chi connectivity index (χ1v) is 15.5. The topological polar surface area (TPSA) is 123 Å². The molecule has 2 aromatic rings. The number of nitrogens with one attached hydrogen (secondary N) is 2. The van der Waals surface area contributed by atoms with Gasteiger partial charge in [0.2, 0.25) is 5.91 Å². The van der Waals surface area contributed by atoms with E-state index in [1.807, 2.05) is 30.3 Å². The zero-order valence-electron chi connectivity index (χ0n) is 26.6. The Morgan fingerprint density at radius 1 is 0.956 bits per heavy atom. The maximum absolute atomic E-state index is 16.1. The van der Waals surface area contributed by atoms with Crippen molar-refractivity contribution >= 4 is 17.8 Å². The van der Waals surface area contributed by atoms with Crippen LogP contribution in [0, 0.1) is 11.8 Å². The van der Waals surface area contributed by atoms with E-state index < -0.39 is 78.8 Å². The maximum Gasteiger partial charge on any atom is 0.408 e. The maximum atomic E-state index is 16.1. The van der Waals surface area contributed by atoms with Crippen LogP contribution in [0.1, 0.15) is 65.0 Å². The molecule has 1 saturated heterocycles. The van der Waals surface area contributed by atoms with Gasteiger partial charge < -0.3 is 30.0 Å². The van der Waals surface area contributed by atoms with Gasteiger partial charge >= 0.3 is 6.09 Å². The summed E-state index contributed by atoms with van der Waals surface area (Å²) in [5.74, 6) is -6.21. The summed E-state index contributed by atoms with van der Waals surface area (Å²) in [6.07, 6.45) is -7.62. The third-order valence-electron chi connectivity index (χ3n) is 7.93. The van der Waals surface area contributed by atoms with Crippen molar-refractivity contribution in [2.45, 2.75) is 110 Å². The lowest BCUT2D eigenvalue weighted by Crippen LogP contribution is -2.61. The minimum absolute atomic E-state index is 0.105. The van der Waals surface area contributed by atoms with Gasteiger partial charge in [-0.05, 0) is 31.4 Å². The van der Waals surface area contributed by atoms with Crippen LogP contribution < -0.4 is 10.6 Å². The first-order valence-electron chi connectivity index (χ1n) is 15.5. The normalized spacial score (nSPS) is 23.2. The lowest BCUT2D eigenvalue weighted by atomic mass is 9.83. The van der Waals surface area contributed by atoms with E-state index in [4.69, 9.17) is 14.2 Å². The van der Waals surface area contributed by atoms with E-state index in [0.29, 0.717) is 12.0 Å². The highest BCUT2D eigenvalue weighted by molar-refractivity contribution is 5.91. The molecule has 0 saturated carbocycles. The number of aliphatic hydroxyl groups excluding tert-OH is 1. The first-order chi connectivity index (χ1) is 21.3. The number of hydrogen-bond donors (Lipinski definition) is 3. The number of carbonyl (C=O) groups excluding carboxylic acids is 3. The number of benzene rings is 2. The van der Waals surface area contributed by atoms with Gasteiger partial charge in [-0.2, -0.15) is 0 Å². The predicted octanol–water partition coefficient (Wildman–Crippen LogP) is 5.19. The second-order valence-electron chi connectivity index (χ2n) is 12.1. The zero-order valence-corrected chi connectivity index (χ0v) is 26.6. The van der Waals surface area contributed by atoms with Crippen molar-refractivity contribution in [3.05, 3.63) is 71.8 Å². The van der Waals surface area contributed by atoms with E-state index in [2.05, 4.69) is 10.6 Å². The van der Waals surface area contributed by atoms with Crippen LogP contribution in [0.15, 0.2) is 60.7 Å². The third kappa shape index (κ3) is 10.6. The zero-order chi connectivity index (χ0) is 33.1. The highest BCUT2D eigenvalue weighted by Gasteiger charge is 2.55. The summed E-state index contributed by atoms with van der Waals surface area (Å²) in [5, 5.41) is 16.2. The Labute approximate surface area is 264 Å². The summed E-state index contributed by atoms with van der Waals surface area (Å²) in [5.41, 5.74) is 1.49.